The van der Waals surface area contributed by atoms with E-state index in [-0.39, 0.29) is 12.0 Å². The van der Waals surface area contributed by atoms with Gasteiger partial charge in [-0.3, -0.25) is 4.79 Å². The molecule has 2 aromatic carbocycles. The molecule has 4 nitrogen and oxygen atoms in total. The van der Waals surface area contributed by atoms with Crippen LogP contribution in [0.1, 0.15) is 30.9 Å². The topological polar surface area (TPSA) is 38.8 Å². The van der Waals surface area contributed by atoms with Gasteiger partial charge in [0.05, 0.1) is 12.7 Å². The second kappa shape index (κ2) is 11.0. The summed E-state index contributed by atoms with van der Waals surface area (Å²) in [5, 5.41) is 0. The summed E-state index contributed by atoms with van der Waals surface area (Å²) < 4.78 is 11.5. The van der Waals surface area contributed by atoms with E-state index in [1.807, 2.05) is 48.2 Å². The minimum atomic E-state index is -0.448. The third-order valence-corrected chi connectivity index (χ3v) is 5.24. The number of hydrogen-bond donors (Lipinski definition) is 0. The Morgan fingerprint density at radius 1 is 1.04 bits per heavy atom. The standard InChI is InChI=1S/C24H31NO3/c1-20(28-19-23-13-8-18-27-23)24(26)25(16-14-21-9-4-2-5-10-21)17-15-22-11-6-3-7-12-22/h2-7,9-12,20,23H,8,13-19H2,1H3. The highest BCUT2D eigenvalue weighted by Crippen LogP contribution is 2.14. The molecular weight excluding hydrogens is 350 g/mol. The molecule has 1 heterocycles. The van der Waals surface area contributed by atoms with Crippen molar-refractivity contribution in [3.63, 3.8) is 0 Å². The largest absolute Gasteiger partial charge is 0.376 e. The van der Waals surface area contributed by atoms with Gasteiger partial charge in [0.15, 0.2) is 0 Å². The molecule has 1 aliphatic heterocycles. The van der Waals surface area contributed by atoms with Crippen LogP contribution < -0.4 is 0 Å². The van der Waals surface area contributed by atoms with Crippen LogP contribution in [0.5, 0.6) is 0 Å². The summed E-state index contributed by atoms with van der Waals surface area (Å²) in [5.74, 6) is 0.0601. The van der Waals surface area contributed by atoms with Crippen LogP contribution in [0.15, 0.2) is 60.7 Å². The van der Waals surface area contributed by atoms with Crippen molar-refractivity contribution in [2.24, 2.45) is 0 Å². The predicted octanol–water partition coefficient (Wildman–Crippen LogP) is 3.88. The van der Waals surface area contributed by atoms with Gasteiger partial charge in [-0.25, -0.2) is 0 Å². The second-order valence-corrected chi connectivity index (χ2v) is 7.41. The SMILES string of the molecule is CC(OCC1CCCO1)C(=O)N(CCc1ccccc1)CCc1ccccc1. The van der Waals surface area contributed by atoms with Crippen molar-refractivity contribution < 1.29 is 14.3 Å². The lowest BCUT2D eigenvalue weighted by Crippen LogP contribution is -2.42. The molecule has 1 saturated heterocycles. The number of nitrogens with zero attached hydrogens (tertiary/aromatic N) is 1. The quantitative estimate of drug-likeness (QED) is 0.627. The first-order valence-electron chi connectivity index (χ1n) is 10.3. The molecule has 4 heteroatoms. The maximum absolute atomic E-state index is 13.1. The van der Waals surface area contributed by atoms with Crippen LogP contribution >= 0.6 is 0 Å². The van der Waals surface area contributed by atoms with Gasteiger partial charge in [0.1, 0.15) is 6.10 Å². The Bertz CT molecular complexity index is 655. The summed E-state index contributed by atoms with van der Waals surface area (Å²) in [4.78, 5) is 15.0. The zero-order chi connectivity index (χ0) is 19.6. The van der Waals surface area contributed by atoms with Crippen molar-refractivity contribution in [3.8, 4) is 0 Å². The summed E-state index contributed by atoms with van der Waals surface area (Å²) in [6, 6.07) is 20.6. The Labute approximate surface area is 168 Å². The maximum Gasteiger partial charge on any atom is 0.251 e. The molecule has 150 valence electrons. The molecule has 1 amide bonds. The molecule has 2 unspecified atom stereocenters. The maximum atomic E-state index is 13.1. The third kappa shape index (κ3) is 6.47. The Kier molecular flexibility index (Phi) is 8.07. The van der Waals surface area contributed by atoms with E-state index in [1.54, 1.807) is 0 Å². The van der Waals surface area contributed by atoms with Gasteiger partial charge in [0, 0.05) is 19.7 Å². The van der Waals surface area contributed by atoms with E-state index in [1.165, 1.54) is 11.1 Å². The van der Waals surface area contributed by atoms with Gasteiger partial charge in [-0.2, -0.15) is 0 Å². The Balaban J connectivity index is 1.56. The fraction of sp³-hybridized carbons (Fsp3) is 0.458. The molecule has 2 aromatic rings. The van der Waals surface area contributed by atoms with Crippen LogP contribution in [0.4, 0.5) is 0 Å². The Morgan fingerprint density at radius 3 is 2.11 bits per heavy atom. The van der Waals surface area contributed by atoms with Crippen LogP contribution in [0, 0.1) is 0 Å². The fourth-order valence-corrected chi connectivity index (χ4v) is 3.51. The number of carbonyl (C=O) groups excluding carboxylic acids is 1. The molecule has 0 aromatic heterocycles. The first-order chi connectivity index (χ1) is 13.7. The molecule has 0 bridgehead atoms. The Hall–Kier alpha value is -2.17. The van der Waals surface area contributed by atoms with Crippen molar-refractivity contribution in [1.29, 1.82) is 0 Å². The molecule has 0 spiro atoms. The molecule has 3 rings (SSSR count). The molecule has 0 saturated carbocycles. The summed E-state index contributed by atoms with van der Waals surface area (Å²) in [6.45, 7) is 4.55. The van der Waals surface area contributed by atoms with E-state index < -0.39 is 6.10 Å². The van der Waals surface area contributed by atoms with Crippen LogP contribution in [0.3, 0.4) is 0 Å². The normalized spacial score (nSPS) is 17.4. The minimum absolute atomic E-state index is 0.0601. The molecule has 0 N–H and O–H groups in total. The highest BCUT2D eigenvalue weighted by molar-refractivity contribution is 5.80. The second-order valence-electron chi connectivity index (χ2n) is 7.41. The van der Waals surface area contributed by atoms with Crippen molar-refractivity contribution in [2.45, 2.75) is 44.8 Å². The molecule has 2 atom stereocenters. The average Bonchev–Trinajstić information content (AvgIpc) is 3.27. The van der Waals surface area contributed by atoms with E-state index in [9.17, 15) is 4.79 Å². The van der Waals surface area contributed by atoms with Gasteiger partial charge in [0.25, 0.3) is 5.91 Å². The number of carbonyl (C=O) groups is 1. The van der Waals surface area contributed by atoms with E-state index in [2.05, 4.69) is 24.3 Å². The number of rotatable bonds is 10. The lowest BCUT2D eigenvalue weighted by Gasteiger charge is -2.26. The van der Waals surface area contributed by atoms with Gasteiger partial charge >= 0.3 is 0 Å². The van der Waals surface area contributed by atoms with Crippen molar-refractivity contribution in [1.82, 2.24) is 4.90 Å². The van der Waals surface area contributed by atoms with Crippen LogP contribution in [0.25, 0.3) is 0 Å². The van der Waals surface area contributed by atoms with Gasteiger partial charge < -0.3 is 14.4 Å². The van der Waals surface area contributed by atoms with Crippen molar-refractivity contribution >= 4 is 5.91 Å². The highest BCUT2D eigenvalue weighted by atomic mass is 16.5. The first-order valence-corrected chi connectivity index (χ1v) is 10.3. The highest BCUT2D eigenvalue weighted by Gasteiger charge is 2.23. The third-order valence-electron chi connectivity index (χ3n) is 5.24. The zero-order valence-corrected chi connectivity index (χ0v) is 16.8. The number of amides is 1. The summed E-state index contributed by atoms with van der Waals surface area (Å²) in [7, 11) is 0. The van der Waals surface area contributed by atoms with E-state index in [0.717, 1.165) is 32.3 Å². The van der Waals surface area contributed by atoms with Crippen LogP contribution in [-0.4, -0.2) is 49.3 Å². The molecule has 0 aliphatic carbocycles. The van der Waals surface area contributed by atoms with E-state index in [0.29, 0.717) is 19.7 Å². The van der Waals surface area contributed by atoms with Crippen molar-refractivity contribution in [2.75, 3.05) is 26.3 Å². The molecule has 0 radical (unpaired) electrons. The smallest absolute Gasteiger partial charge is 0.251 e. The number of hydrogen-bond acceptors (Lipinski definition) is 3. The lowest BCUT2D eigenvalue weighted by molar-refractivity contribution is -0.144. The fourth-order valence-electron chi connectivity index (χ4n) is 3.51. The molecule has 1 fully saturated rings. The van der Waals surface area contributed by atoms with E-state index >= 15 is 0 Å². The van der Waals surface area contributed by atoms with Gasteiger partial charge in [-0.15, -0.1) is 0 Å². The average molecular weight is 382 g/mol. The molecule has 1 aliphatic rings. The number of ether oxygens (including phenoxy) is 2. The molecular formula is C24H31NO3. The summed E-state index contributed by atoms with van der Waals surface area (Å²) >= 11 is 0. The minimum Gasteiger partial charge on any atom is -0.376 e. The molecule has 28 heavy (non-hydrogen) atoms. The van der Waals surface area contributed by atoms with Gasteiger partial charge in [-0.05, 0) is 43.7 Å². The van der Waals surface area contributed by atoms with Crippen LogP contribution in [0.2, 0.25) is 0 Å². The monoisotopic (exact) mass is 381 g/mol. The number of benzene rings is 2. The van der Waals surface area contributed by atoms with Gasteiger partial charge in [0.2, 0.25) is 0 Å². The predicted molar refractivity (Wildman–Crippen MR) is 111 cm³/mol. The summed E-state index contributed by atoms with van der Waals surface area (Å²) in [6.07, 6.45) is 3.48. The first kappa shape index (κ1) is 20.6. The lowest BCUT2D eigenvalue weighted by atomic mass is 10.1. The van der Waals surface area contributed by atoms with Crippen molar-refractivity contribution in [3.05, 3.63) is 71.8 Å². The van der Waals surface area contributed by atoms with Crippen LogP contribution in [-0.2, 0) is 27.1 Å². The zero-order valence-electron chi connectivity index (χ0n) is 16.8. The van der Waals surface area contributed by atoms with Gasteiger partial charge in [-0.1, -0.05) is 60.7 Å². The van der Waals surface area contributed by atoms with E-state index in [4.69, 9.17) is 9.47 Å². The Morgan fingerprint density at radius 2 is 1.61 bits per heavy atom. The summed E-state index contributed by atoms with van der Waals surface area (Å²) in [5.41, 5.74) is 2.49.